The molecule has 2 atom stereocenters. The van der Waals surface area contributed by atoms with Crippen molar-refractivity contribution in [2.24, 2.45) is 5.92 Å². The normalized spacial score (nSPS) is 22.0. The van der Waals surface area contributed by atoms with Gasteiger partial charge in [0.1, 0.15) is 5.54 Å². The third-order valence-corrected chi connectivity index (χ3v) is 3.60. The lowest BCUT2D eigenvalue weighted by Crippen LogP contribution is -2.43. The first-order chi connectivity index (χ1) is 8.09. The van der Waals surface area contributed by atoms with E-state index in [4.69, 9.17) is 4.74 Å². The highest BCUT2D eigenvalue weighted by molar-refractivity contribution is 5.04. The summed E-state index contributed by atoms with van der Waals surface area (Å²) in [5, 5.41) is 12.4. The van der Waals surface area contributed by atoms with Crippen molar-refractivity contribution >= 4 is 0 Å². The zero-order valence-electron chi connectivity index (χ0n) is 11.5. The monoisotopic (exact) mass is 238 g/mol. The van der Waals surface area contributed by atoms with Crippen LogP contribution >= 0.6 is 0 Å². The molecule has 0 aliphatic heterocycles. The Balaban J connectivity index is 2.27. The van der Waals surface area contributed by atoms with Crippen molar-refractivity contribution in [3.05, 3.63) is 0 Å². The van der Waals surface area contributed by atoms with Crippen LogP contribution in [0, 0.1) is 17.2 Å². The molecule has 1 saturated carbocycles. The average molecular weight is 238 g/mol. The van der Waals surface area contributed by atoms with Crippen molar-refractivity contribution in [2.75, 3.05) is 13.2 Å². The predicted molar refractivity (Wildman–Crippen MR) is 69.7 cm³/mol. The van der Waals surface area contributed by atoms with E-state index in [9.17, 15) is 5.26 Å². The molecule has 1 aliphatic carbocycles. The fourth-order valence-corrected chi connectivity index (χ4v) is 2.66. The van der Waals surface area contributed by atoms with Gasteiger partial charge in [-0.25, -0.2) is 0 Å². The smallest absolute Gasteiger partial charge is 0.106 e. The molecule has 0 aromatic rings. The molecule has 17 heavy (non-hydrogen) atoms. The van der Waals surface area contributed by atoms with E-state index in [1.54, 1.807) is 0 Å². The van der Waals surface area contributed by atoms with Crippen LogP contribution in [0.25, 0.3) is 0 Å². The number of hydrogen-bond donors (Lipinski definition) is 1. The van der Waals surface area contributed by atoms with Crippen molar-refractivity contribution in [1.29, 1.82) is 5.26 Å². The molecule has 0 radical (unpaired) electrons. The second-order valence-electron chi connectivity index (χ2n) is 5.47. The number of nitrogens with zero attached hydrogens (tertiary/aromatic N) is 1. The van der Waals surface area contributed by atoms with Crippen LogP contribution in [-0.4, -0.2) is 24.8 Å². The molecule has 1 rings (SSSR count). The molecule has 0 aromatic carbocycles. The average Bonchev–Trinajstić information content (AvgIpc) is 2.79. The van der Waals surface area contributed by atoms with Crippen LogP contribution in [-0.2, 0) is 4.74 Å². The summed E-state index contributed by atoms with van der Waals surface area (Å²) in [6.07, 6.45) is 6.25. The summed E-state index contributed by atoms with van der Waals surface area (Å²) < 4.78 is 5.88. The van der Waals surface area contributed by atoms with Crippen LogP contribution in [0.2, 0.25) is 0 Å². The Bertz CT molecular complexity index is 255. The van der Waals surface area contributed by atoms with Crippen LogP contribution in [0.5, 0.6) is 0 Å². The fourth-order valence-electron chi connectivity index (χ4n) is 2.66. The molecule has 1 aliphatic rings. The van der Waals surface area contributed by atoms with Crippen molar-refractivity contribution < 1.29 is 4.74 Å². The van der Waals surface area contributed by atoms with E-state index in [2.05, 4.69) is 18.3 Å². The Morgan fingerprint density at radius 3 is 2.65 bits per heavy atom. The molecule has 0 heterocycles. The Labute approximate surface area is 106 Å². The van der Waals surface area contributed by atoms with Gasteiger partial charge < -0.3 is 4.74 Å². The van der Waals surface area contributed by atoms with Gasteiger partial charge in [0, 0.05) is 13.0 Å². The zero-order valence-corrected chi connectivity index (χ0v) is 11.5. The lowest BCUT2D eigenvalue weighted by molar-refractivity contribution is 0.0263. The second kappa shape index (κ2) is 6.98. The number of rotatable bonds is 7. The van der Waals surface area contributed by atoms with Gasteiger partial charge in [-0.05, 0) is 39.2 Å². The molecule has 98 valence electrons. The van der Waals surface area contributed by atoms with Gasteiger partial charge in [-0.15, -0.1) is 0 Å². The maximum absolute atomic E-state index is 9.18. The van der Waals surface area contributed by atoms with Gasteiger partial charge in [0.25, 0.3) is 0 Å². The SMILES string of the molecule is CCNC(C)(C#N)CC(C)OCC1CCCC1. The number of nitrogens with one attached hydrogen (secondary N) is 1. The maximum Gasteiger partial charge on any atom is 0.106 e. The minimum Gasteiger partial charge on any atom is -0.378 e. The molecule has 0 spiro atoms. The Hall–Kier alpha value is -0.590. The highest BCUT2D eigenvalue weighted by Gasteiger charge is 2.26. The summed E-state index contributed by atoms with van der Waals surface area (Å²) in [6, 6.07) is 2.35. The first-order valence-electron chi connectivity index (χ1n) is 6.87. The van der Waals surface area contributed by atoms with Crippen LogP contribution in [0.4, 0.5) is 0 Å². The minimum absolute atomic E-state index is 0.152. The molecule has 2 unspecified atom stereocenters. The Morgan fingerprint density at radius 2 is 2.12 bits per heavy atom. The van der Waals surface area contributed by atoms with E-state index in [1.807, 2.05) is 13.8 Å². The topological polar surface area (TPSA) is 45.0 Å². The van der Waals surface area contributed by atoms with E-state index in [0.717, 1.165) is 25.5 Å². The first kappa shape index (κ1) is 14.5. The van der Waals surface area contributed by atoms with Crippen molar-refractivity contribution in [2.45, 2.75) is 64.5 Å². The van der Waals surface area contributed by atoms with Crippen molar-refractivity contribution in [1.82, 2.24) is 5.32 Å². The summed E-state index contributed by atoms with van der Waals surface area (Å²) in [6.45, 7) is 7.74. The van der Waals surface area contributed by atoms with Gasteiger partial charge >= 0.3 is 0 Å². The highest BCUT2D eigenvalue weighted by atomic mass is 16.5. The quantitative estimate of drug-likeness (QED) is 0.741. The highest BCUT2D eigenvalue weighted by Crippen LogP contribution is 2.25. The third kappa shape index (κ3) is 5.06. The fraction of sp³-hybridized carbons (Fsp3) is 0.929. The van der Waals surface area contributed by atoms with E-state index in [1.165, 1.54) is 25.7 Å². The maximum atomic E-state index is 9.18. The molecular formula is C14H26N2O. The standard InChI is InChI=1S/C14H26N2O/c1-4-16-14(3,11-15)9-12(2)17-10-13-7-5-6-8-13/h12-13,16H,4-10H2,1-3H3. The van der Waals surface area contributed by atoms with Gasteiger partial charge in [-0.1, -0.05) is 19.8 Å². The van der Waals surface area contributed by atoms with Crippen molar-refractivity contribution in [3.63, 3.8) is 0 Å². The molecular weight excluding hydrogens is 212 g/mol. The number of hydrogen-bond acceptors (Lipinski definition) is 3. The largest absolute Gasteiger partial charge is 0.378 e. The molecule has 3 nitrogen and oxygen atoms in total. The predicted octanol–water partition coefficient (Wildman–Crippen LogP) is 2.86. The Kier molecular flexibility index (Phi) is 5.94. The lowest BCUT2D eigenvalue weighted by atomic mass is 9.96. The van der Waals surface area contributed by atoms with E-state index < -0.39 is 5.54 Å². The van der Waals surface area contributed by atoms with Gasteiger partial charge in [-0.2, -0.15) is 5.26 Å². The summed E-state index contributed by atoms with van der Waals surface area (Å²) in [5.41, 5.74) is -0.455. The molecule has 0 amide bonds. The summed E-state index contributed by atoms with van der Waals surface area (Å²) in [7, 11) is 0. The Morgan fingerprint density at radius 1 is 1.47 bits per heavy atom. The first-order valence-corrected chi connectivity index (χ1v) is 6.87. The molecule has 0 saturated heterocycles. The van der Waals surface area contributed by atoms with Gasteiger partial charge in [0.15, 0.2) is 0 Å². The summed E-state index contributed by atoms with van der Waals surface area (Å²) in [4.78, 5) is 0. The number of nitriles is 1. The molecule has 1 N–H and O–H groups in total. The lowest BCUT2D eigenvalue weighted by Gasteiger charge is -2.26. The van der Waals surface area contributed by atoms with Crippen LogP contribution < -0.4 is 5.32 Å². The van der Waals surface area contributed by atoms with E-state index in [-0.39, 0.29) is 6.10 Å². The summed E-state index contributed by atoms with van der Waals surface area (Å²) >= 11 is 0. The zero-order chi connectivity index (χ0) is 12.7. The molecule has 3 heteroatoms. The molecule has 1 fully saturated rings. The van der Waals surface area contributed by atoms with E-state index in [0.29, 0.717) is 0 Å². The van der Waals surface area contributed by atoms with Crippen LogP contribution in [0.1, 0.15) is 52.9 Å². The number of ether oxygens (including phenoxy) is 1. The van der Waals surface area contributed by atoms with Gasteiger partial charge in [0.05, 0.1) is 12.2 Å². The van der Waals surface area contributed by atoms with Gasteiger partial charge in [-0.3, -0.25) is 5.32 Å². The third-order valence-electron chi connectivity index (χ3n) is 3.60. The van der Waals surface area contributed by atoms with E-state index >= 15 is 0 Å². The minimum atomic E-state index is -0.455. The van der Waals surface area contributed by atoms with Crippen molar-refractivity contribution in [3.8, 4) is 6.07 Å². The van der Waals surface area contributed by atoms with Gasteiger partial charge in [0.2, 0.25) is 0 Å². The summed E-state index contributed by atoms with van der Waals surface area (Å²) in [5.74, 6) is 0.755. The van der Waals surface area contributed by atoms with Crippen LogP contribution in [0.3, 0.4) is 0 Å². The molecule has 0 bridgehead atoms. The second-order valence-corrected chi connectivity index (χ2v) is 5.47. The molecule has 0 aromatic heterocycles. The van der Waals surface area contributed by atoms with Crippen LogP contribution in [0.15, 0.2) is 0 Å².